The van der Waals surface area contributed by atoms with Crippen molar-refractivity contribution >= 4 is 17.4 Å². The van der Waals surface area contributed by atoms with Crippen LogP contribution < -0.4 is 4.74 Å². The second-order valence-electron chi connectivity index (χ2n) is 4.05. The maximum atomic E-state index is 12.1. The fraction of sp³-hybridized carbons (Fsp3) is 0.429. The van der Waals surface area contributed by atoms with Gasteiger partial charge < -0.3 is 4.74 Å². The van der Waals surface area contributed by atoms with Gasteiger partial charge in [-0.05, 0) is 24.7 Å². The van der Waals surface area contributed by atoms with Gasteiger partial charge in [0.2, 0.25) is 0 Å². The summed E-state index contributed by atoms with van der Waals surface area (Å²) < 4.78 is 5.05. The van der Waals surface area contributed by atoms with E-state index in [2.05, 4.69) is 6.07 Å². The monoisotopic (exact) mass is 280 g/mol. The number of nitriles is 1. The van der Waals surface area contributed by atoms with E-state index in [1.165, 1.54) is 7.11 Å². The molecule has 0 aliphatic carbocycles. The highest BCUT2D eigenvalue weighted by Gasteiger charge is 2.12. The Balaban J connectivity index is 2.72. The maximum Gasteiger partial charge on any atom is 0.176 e. The molecule has 0 atom stereocenters. The molecule has 0 unspecified atom stereocenters. The molecule has 102 valence electrons. The van der Waals surface area contributed by atoms with Gasteiger partial charge in [0.15, 0.2) is 5.78 Å². The first kappa shape index (κ1) is 15.5. The van der Waals surface area contributed by atoms with Gasteiger partial charge in [-0.3, -0.25) is 9.69 Å². The van der Waals surface area contributed by atoms with Crippen molar-refractivity contribution in [2.75, 3.05) is 26.7 Å². The molecule has 1 rings (SSSR count). The molecular weight excluding hydrogens is 264 g/mol. The Morgan fingerprint density at radius 3 is 2.79 bits per heavy atom. The number of ether oxygens (including phenoxy) is 1. The van der Waals surface area contributed by atoms with Crippen LogP contribution in [0.3, 0.4) is 0 Å². The average Bonchev–Trinajstić information content (AvgIpc) is 2.43. The number of ketones is 1. The highest BCUT2D eigenvalue weighted by Crippen LogP contribution is 2.25. The lowest BCUT2D eigenvalue weighted by atomic mass is 10.1. The summed E-state index contributed by atoms with van der Waals surface area (Å²) in [4.78, 5) is 14.0. The van der Waals surface area contributed by atoms with Crippen LogP contribution in [-0.2, 0) is 0 Å². The SMILES string of the molecule is CCN(CCC#N)CC(=O)c1ccc(OC)c(Cl)c1. The molecule has 0 bridgehead atoms. The number of carbonyl (C=O) groups excluding carboxylic acids is 1. The van der Waals surface area contributed by atoms with Gasteiger partial charge >= 0.3 is 0 Å². The van der Waals surface area contributed by atoms with Crippen molar-refractivity contribution in [3.05, 3.63) is 28.8 Å². The summed E-state index contributed by atoms with van der Waals surface area (Å²) >= 11 is 5.99. The van der Waals surface area contributed by atoms with Gasteiger partial charge in [0, 0.05) is 18.5 Å². The van der Waals surface area contributed by atoms with Crippen molar-refractivity contribution in [1.82, 2.24) is 4.90 Å². The molecule has 0 fully saturated rings. The van der Waals surface area contributed by atoms with Gasteiger partial charge in [-0.25, -0.2) is 0 Å². The van der Waals surface area contributed by atoms with Gasteiger partial charge in [0.05, 0.1) is 24.7 Å². The van der Waals surface area contributed by atoms with Crippen LogP contribution in [0.2, 0.25) is 5.02 Å². The zero-order chi connectivity index (χ0) is 14.3. The Labute approximate surface area is 118 Å². The zero-order valence-corrected chi connectivity index (χ0v) is 11.9. The fourth-order valence-corrected chi connectivity index (χ4v) is 1.95. The number of carbonyl (C=O) groups is 1. The lowest BCUT2D eigenvalue weighted by molar-refractivity contribution is 0.0935. The second-order valence-corrected chi connectivity index (χ2v) is 4.46. The Bertz CT molecular complexity index is 483. The topological polar surface area (TPSA) is 53.3 Å². The fourth-order valence-electron chi connectivity index (χ4n) is 1.69. The number of Topliss-reactive ketones (excluding diaryl/α,β-unsaturated/α-hetero) is 1. The molecule has 5 heteroatoms. The van der Waals surface area contributed by atoms with Gasteiger partial charge in [0.25, 0.3) is 0 Å². The minimum absolute atomic E-state index is 0.00987. The van der Waals surface area contributed by atoms with E-state index in [-0.39, 0.29) is 5.78 Å². The van der Waals surface area contributed by atoms with Crippen molar-refractivity contribution in [2.24, 2.45) is 0 Å². The van der Waals surface area contributed by atoms with Crippen LogP contribution in [0.15, 0.2) is 18.2 Å². The Kier molecular flexibility index (Phi) is 6.34. The minimum Gasteiger partial charge on any atom is -0.495 e. The number of benzene rings is 1. The van der Waals surface area contributed by atoms with E-state index in [1.54, 1.807) is 18.2 Å². The third kappa shape index (κ3) is 4.55. The highest BCUT2D eigenvalue weighted by atomic mass is 35.5. The first-order chi connectivity index (χ1) is 9.12. The molecule has 0 aliphatic heterocycles. The van der Waals surface area contributed by atoms with Crippen molar-refractivity contribution in [1.29, 1.82) is 5.26 Å². The molecule has 1 aromatic carbocycles. The predicted molar refractivity (Wildman–Crippen MR) is 74.7 cm³/mol. The minimum atomic E-state index is -0.00987. The first-order valence-corrected chi connectivity index (χ1v) is 6.46. The molecule has 0 saturated heterocycles. The van der Waals surface area contributed by atoms with Crippen molar-refractivity contribution in [3.8, 4) is 11.8 Å². The number of likely N-dealkylation sites (N-methyl/N-ethyl adjacent to an activating group) is 1. The van der Waals surface area contributed by atoms with Crippen LogP contribution in [0.4, 0.5) is 0 Å². The lowest BCUT2D eigenvalue weighted by Gasteiger charge is -2.18. The normalized spacial score (nSPS) is 10.3. The van der Waals surface area contributed by atoms with E-state index in [1.807, 2.05) is 11.8 Å². The molecule has 0 radical (unpaired) electrons. The Hall–Kier alpha value is -1.57. The third-order valence-electron chi connectivity index (χ3n) is 2.83. The lowest BCUT2D eigenvalue weighted by Crippen LogP contribution is -2.30. The first-order valence-electron chi connectivity index (χ1n) is 6.08. The van der Waals surface area contributed by atoms with Crippen molar-refractivity contribution in [3.63, 3.8) is 0 Å². The maximum absolute atomic E-state index is 12.1. The van der Waals surface area contributed by atoms with Gasteiger partial charge in [-0.1, -0.05) is 18.5 Å². The Morgan fingerprint density at radius 1 is 1.53 bits per heavy atom. The summed E-state index contributed by atoms with van der Waals surface area (Å²) in [6, 6.07) is 7.07. The Morgan fingerprint density at radius 2 is 2.26 bits per heavy atom. The number of nitrogens with zero attached hydrogens (tertiary/aromatic N) is 2. The summed E-state index contributed by atoms with van der Waals surface area (Å²) in [5, 5.41) is 8.99. The van der Waals surface area contributed by atoms with E-state index < -0.39 is 0 Å². The molecule has 0 heterocycles. The van der Waals surface area contributed by atoms with Crippen LogP contribution in [0.1, 0.15) is 23.7 Å². The smallest absolute Gasteiger partial charge is 0.176 e. The number of halogens is 1. The molecule has 1 aromatic rings. The number of methoxy groups -OCH3 is 1. The van der Waals surface area contributed by atoms with Gasteiger partial charge in [0.1, 0.15) is 5.75 Å². The van der Waals surface area contributed by atoms with Crippen molar-refractivity contribution in [2.45, 2.75) is 13.3 Å². The van der Waals surface area contributed by atoms with Crippen LogP contribution in [0.5, 0.6) is 5.75 Å². The molecule has 0 aliphatic rings. The van der Waals surface area contributed by atoms with E-state index in [9.17, 15) is 4.79 Å². The second kappa shape index (κ2) is 7.78. The molecule has 0 saturated carbocycles. The van der Waals surface area contributed by atoms with E-state index in [0.29, 0.717) is 35.8 Å². The standard InChI is InChI=1S/C14H17ClN2O2/c1-3-17(8-4-7-16)10-13(18)11-5-6-14(19-2)12(15)9-11/h5-6,9H,3-4,8,10H2,1-2H3. The molecular formula is C14H17ClN2O2. The van der Waals surface area contributed by atoms with Gasteiger partial charge in [-0.15, -0.1) is 0 Å². The predicted octanol–water partition coefficient (Wildman–Crippen LogP) is 2.77. The highest BCUT2D eigenvalue weighted by molar-refractivity contribution is 6.32. The number of rotatable bonds is 7. The summed E-state index contributed by atoms with van der Waals surface area (Å²) in [5.74, 6) is 0.541. The average molecular weight is 281 g/mol. The number of hydrogen-bond acceptors (Lipinski definition) is 4. The molecule has 0 N–H and O–H groups in total. The molecule has 19 heavy (non-hydrogen) atoms. The van der Waals surface area contributed by atoms with Crippen LogP contribution >= 0.6 is 11.6 Å². The zero-order valence-electron chi connectivity index (χ0n) is 11.1. The van der Waals surface area contributed by atoms with Crippen LogP contribution in [0, 0.1) is 11.3 Å². The van der Waals surface area contributed by atoms with E-state index >= 15 is 0 Å². The van der Waals surface area contributed by atoms with E-state index in [4.69, 9.17) is 21.6 Å². The summed E-state index contributed by atoms with van der Waals surface area (Å²) in [6.45, 7) is 3.59. The molecule has 0 amide bonds. The van der Waals surface area contributed by atoms with Crippen LogP contribution in [-0.4, -0.2) is 37.4 Å². The summed E-state index contributed by atoms with van der Waals surface area (Å²) in [6.07, 6.45) is 0.421. The number of hydrogen-bond donors (Lipinski definition) is 0. The third-order valence-corrected chi connectivity index (χ3v) is 3.12. The quantitative estimate of drug-likeness (QED) is 0.721. The molecule has 0 aromatic heterocycles. The molecule has 4 nitrogen and oxygen atoms in total. The van der Waals surface area contributed by atoms with Crippen molar-refractivity contribution < 1.29 is 9.53 Å². The summed E-state index contributed by atoms with van der Waals surface area (Å²) in [5.41, 5.74) is 0.557. The van der Waals surface area contributed by atoms with E-state index in [0.717, 1.165) is 6.54 Å². The van der Waals surface area contributed by atoms with Gasteiger partial charge in [-0.2, -0.15) is 5.26 Å². The largest absolute Gasteiger partial charge is 0.495 e. The summed E-state index contributed by atoms with van der Waals surface area (Å²) in [7, 11) is 1.53. The molecule has 0 spiro atoms. The van der Waals surface area contributed by atoms with Crippen LogP contribution in [0.25, 0.3) is 0 Å².